The first kappa shape index (κ1) is 8.84. The third kappa shape index (κ3) is 1.11. The number of hydrogen-bond acceptors (Lipinski definition) is 1. The molecule has 1 heterocycles. The molecule has 1 aliphatic carbocycles. The molecule has 0 atom stereocenters. The lowest BCUT2D eigenvalue weighted by molar-refractivity contribution is 0.476. The van der Waals surface area contributed by atoms with Crippen molar-refractivity contribution in [2.24, 2.45) is 0 Å². The summed E-state index contributed by atoms with van der Waals surface area (Å²) in [5.41, 5.74) is 4.13. The predicted octanol–water partition coefficient (Wildman–Crippen LogP) is 3.10. The first-order chi connectivity index (χ1) is 7.08. The van der Waals surface area contributed by atoms with Crippen LogP contribution in [-0.4, -0.2) is 10.1 Å². The molecule has 78 valence electrons. The zero-order valence-corrected chi connectivity index (χ0v) is 9.09. The predicted molar refractivity (Wildman–Crippen MR) is 61.3 cm³/mol. The number of aromatic hydroxyl groups is 1. The summed E-state index contributed by atoms with van der Waals surface area (Å²) in [5, 5.41) is 10.7. The molecule has 2 nitrogen and oxygen atoms in total. The standard InChI is InChI=1S/C13H15NO/c1-13(2)6-5-11-12(13)9-7-8(15)3-4-10(9)14-11/h3-4,7,14-15H,5-6H2,1-2H3. The summed E-state index contributed by atoms with van der Waals surface area (Å²) in [6, 6.07) is 5.57. The van der Waals surface area contributed by atoms with E-state index in [9.17, 15) is 5.11 Å². The number of aromatic nitrogens is 1. The molecule has 1 aromatic heterocycles. The highest BCUT2D eigenvalue weighted by Gasteiger charge is 2.33. The van der Waals surface area contributed by atoms with Crippen LogP contribution >= 0.6 is 0 Å². The van der Waals surface area contributed by atoms with Crippen LogP contribution in [0.5, 0.6) is 5.75 Å². The van der Waals surface area contributed by atoms with Crippen molar-refractivity contribution in [2.75, 3.05) is 0 Å². The Kier molecular flexibility index (Phi) is 1.51. The number of hydrogen-bond donors (Lipinski definition) is 2. The van der Waals surface area contributed by atoms with Gasteiger partial charge in [-0.1, -0.05) is 13.8 Å². The van der Waals surface area contributed by atoms with Crippen LogP contribution in [0.4, 0.5) is 0 Å². The van der Waals surface area contributed by atoms with Crippen molar-refractivity contribution in [3.63, 3.8) is 0 Å². The molecule has 0 bridgehead atoms. The number of nitrogens with one attached hydrogen (secondary N) is 1. The Morgan fingerprint density at radius 1 is 1.33 bits per heavy atom. The van der Waals surface area contributed by atoms with Gasteiger partial charge >= 0.3 is 0 Å². The Morgan fingerprint density at radius 3 is 2.93 bits per heavy atom. The first-order valence-electron chi connectivity index (χ1n) is 5.42. The maximum absolute atomic E-state index is 9.54. The van der Waals surface area contributed by atoms with E-state index in [0.29, 0.717) is 5.75 Å². The van der Waals surface area contributed by atoms with E-state index in [4.69, 9.17) is 0 Å². The van der Waals surface area contributed by atoms with E-state index in [2.05, 4.69) is 18.8 Å². The van der Waals surface area contributed by atoms with E-state index < -0.39 is 0 Å². The molecular formula is C13H15NO. The SMILES string of the molecule is CC1(C)CCc2[nH]c3ccc(O)cc3c21. The molecule has 0 spiro atoms. The van der Waals surface area contributed by atoms with Crippen LogP contribution in [0.3, 0.4) is 0 Å². The highest BCUT2D eigenvalue weighted by Crippen LogP contribution is 2.43. The zero-order chi connectivity index (χ0) is 10.6. The Morgan fingerprint density at radius 2 is 2.13 bits per heavy atom. The summed E-state index contributed by atoms with van der Waals surface area (Å²) in [6.45, 7) is 4.55. The van der Waals surface area contributed by atoms with Gasteiger partial charge in [0.2, 0.25) is 0 Å². The molecule has 2 N–H and O–H groups in total. The fraction of sp³-hybridized carbons (Fsp3) is 0.385. The van der Waals surface area contributed by atoms with E-state index in [-0.39, 0.29) is 5.41 Å². The van der Waals surface area contributed by atoms with Crippen molar-refractivity contribution in [1.29, 1.82) is 0 Å². The van der Waals surface area contributed by atoms with Crippen LogP contribution in [0.25, 0.3) is 10.9 Å². The number of benzene rings is 1. The van der Waals surface area contributed by atoms with E-state index in [1.54, 1.807) is 6.07 Å². The molecule has 15 heavy (non-hydrogen) atoms. The van der Waals surface area contributed by atoms with Gasteiger partial charge in [0.05, 0.1) is 0 Å². The third-order valence-electron chi connectivity index (χ3n) is 3.54. The van der Waals surface area contributed by atoms with Crippen molar-refractivity contribution in [1.82, 2.24) is 4.98 Å². The Hall–Kier alpha value is -1.44. The minimum absolute atomic E-state index is 0.237. The average molecular weight is 201 g/mol. The van der Waals surface area contributed by atoms with Crippen LogP contribution in [-0.2, 0) is 11.8 Å². The van der Waals surface area contributed by atoms with E-state index in [1.165, 1.54) is 23.1 Å². The maximum atomic E-state index is 9.54. The topological polar surface area (TPSA) is 36.0 Å². The summed E-state index contributed by atoms with van der Waals surface area (Å²) in [5.74, 6) is 0.354. The number of aryl methyl sites for hydroxylation is 1. The molecule has 1 aromatic carbocycles. The zero-order valence-electron chi connectivity index (χ0n) is 9.09. The van der Waals surface area contributed by atoms with Gasteiger partial charge in [-0.3, -0.25) is 0 Å². The van der Waals surface area contributed by atoms with Crippen LogP contribution in [0, 0.1) is 0 Å². The minimum Gasteiger partial charge on any atom is -0.508 e. The summed E-state index contributed by atoms with van der Waals surface area (Å²) in [4.78, 5) is 3.45. The lowest BCUT2D eigenvalue weighted by Crippen LogP contribution is -2.11. The summed E-state index contributed by atoms with van der Waals surface area (Å²) >= 11 is 0. The lowest BCUT2D eigenvalue weighted by atomic mass is 9.86. The third-order valence-corrected chi connectivity index (χ3v) is 3.54. The molecule has 0 amide bonds. The van der Waals surface area contributed by atoms with Crippen molar-refractivity contribution >= 4 is 10.9 Å². The van der Waals surface area contributed by atoms with Gasteiger partial charge in [0, 0.05) is 16.6 Å². The van der Waals surface area contributed by atoms with Gasteiger partial charge in [0.1, 0.15) is 5.75 Å². The van der Waals surface area contributed by atoms with Crippen LogP contribution in [0.1, 0.15) is 31.5 Å². The number of H-pyrrole nitrogens is 1. The van der Waals surface area contributed by atoms with Crippen molar-refractivity contribution in [2.45, 2.75) is 32.1 Å². The molecule has 1 aliphatic rings. The average Bonchev–Trinajstić information content (AvgIpc) is 2.65. The second-order valence-corrected chi connectivity index (χ2v) is 5.09. The molecule has 0 saturated heterocycles. The van der Waals surface area contributed by atoms with Crippen molar-refractivity contribution in [3.05, 3.63) is 29.5 Å². The molecule has 0 unspecified atom stereocenters. The van der Waals surface area contributed by atoms with Gasteiger partial charge in [0.15, 0.2) is 0 Å². The first-order valence-corrected chi connectivity index (χ1v) is 5.42. The molecule has 0 radical (unpaired) electrons. The highest BCUT2D eigenvalue weighted by atomic mass is 16.3. The van der Waals surface area contributed by atoms with Gasteiger partial charge < -0.3 is 10.1 Å². The molecule has 0 fully saturated rings. The normalized spacial score (nSPS) is 18.3. The second-order valence-electron chi connectivity index (χ2n) is 5.09. The van der Waals surface area contributed by atoms with Crippen LogP contribution in [0.2, 0.25) is 0 Å². The Labute approximate surface area is 88.9 Å². The highest BCUT2D eigenvalue weighted by molar-refractivity contribution is 5.87. The second kappa shape index (κ2) is 2.57. The van der Waals surface area contributed by atoms with Crippen molar-refractivity contribution in [3.8, 4) is 5.75 Å². The van der Waals surface area contributed by atoms with Gasteiger partial charge in [-0.05, 0) is 42.0 Å². The molecule has 3 rings (SSSR count). The number of rotatable bonds is 0. The monoisotopic (exact) mass is 201 g/mol. The summed E-state index contributed by atoms with van der Waals surface area (Å²) in [7, 11) is 0. The molecular weight excluding hydrogens is 186 g/mol. The maximum Gasteiger partial charge on any atom is 0.116 e. The van der Waals surface area contributed by atoms with Gasteiger partial charge in [-0.25, -0.2) is 0 Å². The molecule has 0 saturated carbocycles. The van der Waals surface area contributed by atoms with Gasteiger partial charge in [-0.2, -0.15) is 0 Å². The largest absolute Gasteiger partial charge is 0.508 e. The van der Waals surface area contributed by atoms with E-state index in [0.717, 1.165) is 11.9 Å². The Balaban J connectivity index is 2.39. The van der Waals surface area contributed by atoms with E-state index in [1.807, 2.05) is 12.1 Å². The van der Waals surface area contributed by atoms with Crippen LogP contribution in [0.15, 0.2) is 18.2 Å². The van der Waals surface area contributed by atoms with Crippen LogP contribution < -0.4 is 0 Å². The fourth-order valence-corrected chi connectivity index (χ4v) is 2.76. The minimum atomic E-state index is 0.237. The van der Waals surface area contributed by atoms with Gasteiger partial charge in [0.25, 0.3) is 0 Å². The molecule has 2 aromatic rings. The van der Waals surface area contributed by atoms with Gasteiger partial charge in [-0.15, -0.1) is 0 Å². The van der Waals surface area contributed by atoms with E-state index >= 15 is 0 Å². The summed E-state index contributed by atoms with van der Waals surface area (Å²) < 4.78 is 0. The number of phenolic OH excluding ortho intramolecular Hbond substituents is 1. The number of phenols is 1. The Bertz CT molecular complexity index is 537. The smallest absolute Gasteiger partial charge is 0.116 e. The molecule has 0 aliphatic heterocycles. The summed E-state index contributed by atoms with van der Waals surface area (Å²) in [6.07, 6.45) is 2.32. The molecule has 2 heteroatoms. The van der Waals surface area contributed by atoms with Crippen molar-refractivity contribution < 1.29 is 5.11 Å². The fourth-order valence-electron chi connectivity index (χ4n) is 2.76. The quantitative estimate of drug-likeness (QED) is 0.675. The number of aromatic amines is 1. The lowest BCUT2D eigenvalue weighted by Gasteiger charge is -2.18. The number of fused-ring (bicyclic) bond motifs is 3.